The average Bonchev–Trinajstić information content (AvgIpc) is 3.40. The third kappa shape index (κ3) is 59.4. The zero-order valence-corrected chi connectivity index (χ0v) is 54.1. The molecule has 10 heteroatoms. The van der Waals surface area contributed by atoms with Crippen molar-refractivity contribution < 1.29 is 37.3 Å². The maximum atomic E-state index is 13.6. The van der Waals surface area contributed by atoms with Crippen LogP contribution in [0, 0.1) is 0 Å². The number of ether oxygens (including phenoxy) is 1. The first-order valence-electron chi connectivity index (χ1n) is 34.5. The minimum absolute atomic E-state index is 0.0460. The summed E-state index contributed by atoms with van der Waals surface area (Å²) < 4.78 is 30.8. The molecule has 0 radical (unpaired) electrons. The number of hydrogen-bond donors (Lipinski definition) is 2. The number of nitrogens with one attached hydrogen (secondary N) is 1. The summed E-state index contributed by atoms with van der Waals surface area (Å²) in [4.78, 5) is 37.8. The Balaban J connectivity index is 5.05. The zero-order valence-electron chi connectivity index (χ0n) is 53.2. The molecule has 0 aliphatic rings. The molecule has 3 atom stereocenters. The number of allylic oxidation sites excluding steroid dienone is 1. The molecule has 0 spiro atoms. The van der Waals surface area contributed by atoms with Crippen molar-refractivity contribution in [3.63, 3.8) is 0 Å². The lowest BCUT2D eigenvalue weighted by atomic mass is 10.0. The monoisotopic (exact) mass is 1120 g/mol. The van der Waals surface area contributed by atoms with E-state index in [0.29, 0.717) is 23.9 Å². The van der Waals surface area contributed by atoms with Crippen LogP contribution in [0.3, 0.4) is 0 Å². The smallest absolute Gasteiger partial charge is 0.456 e. The maximum absolute atomic E-state index is 13.6. The Morgan fingerprint density at radius 3 is 1.05 bits per heavy atom. The van der Waals surface area contributed by atoms with Gasteiger partial charge in [-0.05, 0) is 31.8 Å². The molecule has 0 saturated heterocycles. The van der Waals surface area contributed by atoms with Crippen LogP contribution in [-0.2, 0) is 27.9 Å². The lowest BCUT2D eigenvalue weighted by Gasteiger charge is -2.27. The highest BCUT2D eigenvalue weighted by molar-refractivity contribution is 7.47. The molecule has 464 valence electrons. The van der Waals surface area contributed by atoms with E-state index in [4.69, 9.17) is 13.8 Å². The van der Waals surface area contributed by atoms with Crippen LogP contribution in [0.4, 0.5) is 0 Å². The van der Waals surface area contributed by atoms with E-state index in [2.05, 4.69) is 32.2 Å². The summed E-state index contributed by atoms with van der Waals surface area (Å²) >= 11 is 0. The van der Waals surface area contributed by atoms with E-state index in [1.54, 1.807) is 0 Å². The molecule has 0 aliphatic heterocycles. The lowest BCUT2D eigenvalue weighted by molar-refractivity contribution is -0.870. The van der Waals surface area contributed by atoms with Gasteiger partial charge in [0, 0.05) is 12.8 Å². The number of amides is 1. The van der Waals surface area contributed by atoms with Gasteiger partial charge in [-0.3, -0.25) is 18.6 Å². The quantitative estimate of drug-likeness (QED) is 0.0205. The number of carbonyl (C=O) groups is 2. The van der Waals surface area contributed by atoms with Gasteiger partial charge >= 0.3 is 13.8 Å². The molecule has 0 heterocycles. The van der Waals surface area contributed by atoms with Crippen LogP contribution in [0.15, 0.2) is 12.2 Å². The van der Waals surface area contributed by atoms with Crippen LogP contribution in [0.2, 0.25) is 0 Å². The Hall–Kier alpha value is -1.25. The Labute approximate surface area is 486 Å². The van der Waals surface area contributed by atoms with Gasteiger partial charge in [-0.2, -0.15) is 0 Å². The first-order valence-corrected chi connectivity index (χ1v) is 36.0. The summed E-state index contributed by atoms with van der Waals surface area (Å²) in [7, 11) is 1.52. The van der Waals surface area contributed by atoms with Gasteiger partial charge in [-0.15, -0.1) is 0 Å². The number of phosphoric ester groups is 1. The zero-order chi connectivity index (χ0) is 57.2. The van der Waals surface area contributed by atoms with E-state index in [1.807, 2.05) is 27.2 Å². The van der Waals surface area contributed by atoms with Crippen LogP contribution < -0.4 is 5.32 Å². The summed E-state index contributed by atoms with van der Waals surface area (Å²) in [5, 5.41) is 3.07. The third-order valence-corrected chi connectivity index (χ3v) is 17.0. The molecule has 3 unspecified atom stereocenters. The molecule has 1 amide bonds. The molecular weight excluding hydrogens is 988 g/mol. The number of phosphoric acid groups is 1. The van der Waals surface area contributed by atoms with Crippen LogP contribution in [-0.4, -0.2) is 74.3 Å². The molecule has 0 saturated carbocycles. The summed E-state index contributed by atoms with van der Waals surface area (Å²) in [5.74, 6) is -0.479. The average molecular weight is 1120 g/mol. The maximum Gasteiger partial charge on any atom is 0.472 e. The van der Waals surface area contributed by atoms with Crippen LogP contribution in [0.25, 0.3) is 0 Å². The number of nitrogens with zero attached hydrogens (tertiary/aromatic N) is 1. The number of hydrogen-bond acceptors (Lipinski definition) is 6. The normalized spacial score (nSPS) is 13.6. The highest BCUT2D eigenvalue weighted by atomic mass is 31.2. The van der Waals surface area contributed by atoms with Gasteiger partial charge in [0.25, 0.3) is 0 Å². The van der Waals surface area contributed by atoms with Crippen LogP contribution >= 0.6 is 7.82 Å². The number of unbranched alkanes of at least 4 members (excludes halogenated alkanes) is 48. The SMILES string of the molecule is CCCCCCCCCCCC/C=C\C(OC(=O)CCCCCCCCCCCCCCCCCCCCCCCCC)C(COP(=O)(O)OCC[N+](C)(C)C)NC(=O)CCCCCCCCCCCCCCCCCCC. The molecule has 0 bridgehead atoms. The summed E-state index contributed by atoms with van der Waals surface area (Å²) in [6, 6.07) is -0.840. The number of carbonyl (C=O) groups excluding carboxylic acids is 2. The third-order valence-electron chi connectivity index (χ3n) is 16.0. The fourth-order valence-electron chi connectivity index (χ4n) is 10.7. The molecular formula is C68H136N2O7P+. The Kier molecular flexibility index (Phi) is 58.0. The van der Waals surface area contributed by atoms with E-state index in [9.17, 15) is 19.0 Å². The van der Waals surface area contributed by atoms with Gasteiger partial charge in [0.1, 0.15) is 19.3 Å². The van der Waals surface area contributed by atoms with Crippen molar-refractivity contribution in [1.29, 1.82) is 0 Å². The van der Waals surface area contributed by atoms with Crippen molar-refractivity contribution in [1.82, 2.24) is 5.32 Å². The van der Waals surface area contributed by atoms with Gasteiger partial charge in [-0.1, -0.05) is 329 Å². The van der Waals surface area contributed by atoms with Crippen molar-refractivity contribution in [2.45, 2.75) is 373 Å². The second kappa shape index (κ2) is 58.9. The Bertz CT molecular complexity index is 1340. The topological polar surface area (TPSA) is 111 Å². The first-order chi connectivity index (χ1) is 37.9. The predicted octanol–water partition coefficient (Wildman–Crippen LogP) is 21.5. The second-order valence-electron chi connectivity index (χ2n) is 25.1. The highest BCUT2D eigenvalue weighted by Gasteiger charge is 2.30. The lowest BCUT2D eigenvalue weighted by Crippen LogP contribution is -2.47. The predicted molar refractivity (Wildman–Crippen MR) is 337 cm³/mol. The van der Waals surface area contributed by atoms with Crippen LogP contribution in [0.5, 0.6) is 0 Å². The minimum atomic E-state index is -4.44. The molecule has 9 nitrogen and oxygen atoms in total. The number of rotatable bonds is 64. The molecule has 0 aliphatic carbocycles. The first kappa shape index (κ1) is 76.8. The molecule has 2 N–H and O–H groups in total. The standard InChI is InChI=1S/C68H135N2O7P/c1-7-10-13-16-19-22-25-28-30-32-33-34-35-36-37-39-41-43-46-49-52-55-58-61-68(72)77-66(59-56-53-50-47-44-27-24-21-18-15-12-9-3)65(64-76-78(73,74)75-63-62-70(4,5)6)69-67(71)60-57-54-51-48-45-42-40-38-31-29-26-23-20-17-14-11-8-2/h56,59,65-66H,7-55,57-58,60-64H2,1-6H3,(H-,69,71,73,74)/p+1/b59-56-. The van der Waals surface area contributed by atoms with Gasteiger partial charge in [0.15, 0.2) is 0 Å². The van der Waals surface area contributed by atoms with E-state index >= 15 is 0 Å². The second-order valence-corrected chi connectivity index (χ2v) is 26.5. The fraction of sp³-hybridized carbons (Fsp3) is 0.941. The number of likely N-dealkylation sites (N-methyl/N-ethyl adjacent to an activating group) is 1. The Morgan fingerprint density at radius 2 is 0.731 bits per heavy atom. The summed E-state index contributed by atoms with van der Waals surface area (Å²) in [6.45, 7) is 7.09. The van der Waals surface area contributed by atoms with E-state index in [1.165, 1.54) is 270 Å². The molecule has 0 aromatic rings. The minimum Gasteiger partial charge on any atom is -0.456 e. The van der Waals surface area contributed by atoms with Gasteiger partial charge in [-0.25, -0.2) is 4.57 Å². The van der Waals surface area contributed by atoms with Gasteiger partial charge < -0.3 is 19.4 Å². The van der Waals surface area contributed by atoms with Crippen molar-refractivity contribution in [3.8, 4) is 0 Å². The van der Waals surface area contributed by atoms with Crippen LogP contribution in [0.1, 0.15) is 361 Å². The molecule has 78 heavy (non-hydrogen) atoms. The summed E-state index contributed by atoms with van der Waals surface area (Å²) in [6.07, 6.45) is 69.3. The number of esters is 1. The van der Waals surface area contributed by atoms with Gasteiger partial charge in [0.2, 0.25) is 5.91 Å². The highest BCUT2D eigenvalue weighted by Crippen LogP contribution is 2.43. The number of quaternary nitrogens is 1. The van der Waals surface area contributed by atoms with Gasteiger partial charge in [0.05, 0.1) is 33.8 Å². The molecule has 0 rings (SSSR count). The van der Waals surface area contributed by atoms with Crippen molar-refractivity contribution >= 4 is 19.7 Å². The fourth-order valence-corrected chi connectivity index (χ4v) is 11.4. The van der Waals surface area contributed by atoms with Crippen molar-refractivity contribution in [3.05, 3.63) is 12.2 Å². The van der Waals surface area contributed by atoms with E-state index < -0.39 is 20.0 Å². The van der Waals surface area contributed by atoms with E-state index in [-0.39, 0.29) is 25.1 Å². The molecule has 0 fully saturated rings. The van der Waals surface area contributed by atoms with Crippen molar-refractivity contribution in [2.24, 2.45) is 0 Å². The largest absolute Gasteiger partial charge is 0.472 e. The molecule has 0 aromatic heterocycles. The van der Waals surface area contributed by atoms with Crippen molar-refractivity contribution in [2.75, 3.05) is 40.9 Å². The summed E-state index contributed by atoms with van der Waals surface area (Å²) in [5.41, 5.74) is 0. The van der Waals surface area contributed by atoms with E-state index in [0.717, 1.165) is 57.8 Å². The molecule has 0 aromatic carbocycles. The Morgan fingerprint density at radius 1 is 0.436 bits per heavy atom.